The largest absolute Gasteiger partial charge is 0.469 e. The Balaban J connectivity index is 1.92. The number of benzene rings is 1. The molecule has 0 amide bonds. The third kappa shape index (κ3) is 2.26. The first kappa shape index (κ1) is 12.6. The van der Waals surface area contributed by atoms with Crippen LogP contribution in [0.4, 0.5) is 4.39 Å². The van der Waals surface area contributed by atoms with Gasteiger partial charge in [0.1, 0.15) is 5.82 Å². The summed E-state index contributed by atoms with van der Waals surface area (Å²) in [5, 5.41) is 0. The average Bonchev–Trinajstić information content (AvgIpc) is 2.80. The third-order valence-corrected chi connectivity index (χ3v) is 4.88. The maximum Gasteiger partial charge on any atom is 0.309 e. The summed E-state index contributed by atoms with van der Waals surface area (Å²) in [6.45, 7) is 0. The number of fused-ring (bicyclic) bond motifs is 2. The second kappa shape index (κ2) is 4.95. The van der Waals surface area contributed by atoms with Crippen molar-refractivity contribution >= 4 is 5.97 Å². The van der Waals surface area contributed by atoms with Gasteiger partial charge in [-0.15, -0.1) is 0 Å². The summed E-state index contributed by atoms with van der Waals surface area (Å²) in [7, 11) is 1.46. The van der Waals surface area contributed by atoms with E-state index in [-0.39, 0.29) is 23.6 Å². The average molecular weight is 262 g/mol. The summed E-state index contributed by atoms with van der Waals surface area (Å²) in [5.41, 5.74) is 1.08. The van der Waals surface area contributed by atoms with Crippen molar-refractivity contribution in [1.29, 1.82) is 0 Å². The second-order valence-corrected chi connectivity index (χ2v) is 5.88. The number of ether oxygens (including phenoxy) is 1. The normalized spacial score (nSPS) is 33.2. The van der Waals surface area contributed by atoms with Gasteiger partial charge in [-0.25, -0.2) is 4.39 Å². The van der Waals surface area contributed by atoms with Crippen LogP contribution in [0, 0.1) is 23.6 Å². The molecule has 0 N–H and O–H groups in total. The summed E-state index contributed by atoms with van der Waals surface area (Å²) in [6.07, 6.45) is 4.53. The third-order valence-electron chi connectivity index (χ3n) is 4.88. The predicted octanol–water partition coefficient (Wildman–Crippen LogP) is 3.52. The molecule has 3 rings (SSSR count). The number of esters is 1. The first-order valence-corrected chi connectivity index (χ1v) is 7.02. The van der Waals surface area contributed by atoms with Crippen molar-refractivity contribution < 1.29 is 13.9 Å². The summed E-state index contributed by atoms with van der Waals surface area (Å²) >= 11 is 0. The Hall–Kier alpha value is -1.38. The Labute approximate surface area is 113 Å². The Morgan fingerprint density at radius 3 is 2.63 bits per heavy atom. The van der Waals surface area contributed by atoms with E-state index in [9.17, 15) is 9.18 Å². The minimum absolute atomic E-state index is 0.0470. The van der Waals surface area contributed by atoms with Gasteiger partial charge >= 0.3 is 5.97 Å². The Bertz CT molecular complexity index is 468. The molecule has 2 aliphatic carbocycles. The minimum Gasteiger partial charge on any atom is -0.469 e. The lowest BCUT2D eigenvalue weighted by molar-refractivity contribution is -0.149. The number of carbonyl (C=O) groups is 1. The van der Waals surface area contributed by atoms with Gasteiger partial charge in [0.25, 0.3) is 0 Å². The fraction of sp³-hybridized carbons (Fsp3) is 0.562. The van der Waals surface area contributed by atoms with Crippen LogP contribution in [0.25, 0.3) is 0 Å². The van der Waals surface area contributed by atoms with Crippen LogP contribution in [0.5, 0.6) is 0 Å². The molecule has 2 bridgehead atoms. The van der Waals surface area contributed by atoms with Crippen LogP contribution in [0.2, 0.25) is 0 Å². The molecule has 2 aliphatic rings. The van der Waals surface area contributed by atoms with Crippen LogP contribution in [0.15, 0.2) is 24.3 Å². The molecule has 0 radical (unpaired) electrons. The lowest BCUT2D eigenvalue weighted by Crippen LogP contribution is -2.33. The number of methoxy groups -OCH3 is 1. The quantitative estimate of drug-likeness (QED) is 0.762. The van der Waals surface area contributed by atoms with Gasteiger partial charge in [-0.2, -0.15) is 0 Å². The van der Waals surface area contributed by atoms with E-state index in [1.165, 1.54) is 25.7 Å². The Morgan fingerprint density at radius 2 is 1.95 bits per heavy atom. The monoisotopic (exact) mass is 262 g/mol. The number of halogens is 1. The molecule has 2 saturated carbocycles. The SMILES string of the molecule is COC(=O)[C@H]1[C@H]2CC[C@@H](C2)C[C@H]1c1ccc(F)cc1. The molecule has 4 atom stereocenters. The Kier molecular flexibility index (Phi) is 3.29. The van der Waals surface area contributed by atoms with Crippen molar-refractivity contribution in [3.05, 3.63) is 35.6 Å². The lowest BCUT2D eigenvalue weighted by atomic mass is 9.69. The van der Waals surface area contributed by atoms with E-state index in [2.05, 4.69) is 0 Å². The van der Waals surface area contributed by atoms with Crippen LogP contribution >= 0.6 is 0 Å². The van der Waals surface area contributed by atoms with Crippen LogP contribution in [-0.2, 0) is 9.53 Å². The first-order valence-electron chi connectivity index (χ1n) is 7.02. The predicted molar refractivity (Wildman–Crippen MR) is 70.1 cm³/mol. The maximum absolute atomic E-state index is 13.0. The zero-order chi connectivity index (χ0) is 13.4. The molecule has 0 saturated heterocycles. The van der Waals surface area contributed by atoms with Crippen molar-refractivity contribution in [2.75, 3.05) is 7.11 Å². The molecular formula is C16H19FO2. The molecule has 102 valence electrons. The summed E-state index contributed by atoms with van der Waals surface area (Å²) in [4.78, 5) is 12.1. The van der Waals surface area contributed by atoms with Gasteiger partial charge in [0.2, 0.25) is 0 Å². The van der Waals surface area contributed by atoms with E-state index in [0.29, 0.717) is 5.92 Å². The van der Waals surface area contributed by atoms with Crippen molar-refractivity contribution in [2.45, 2.75) is 31.6 Å². The molecule has 0 unspecified atom stereocenters. The Morgan fingerprint density at radius 1 is 1.21 bits per heavy atom. The topological polar surface area (TPSA) is 26.3 Å². The van der Waals surface area contributed by atoms with Gasteiger partial charge in [0, 0.05) is 0 Å². The van der Waals surface area contributed by atoms with Gasteiger partial charge in [-0.3, -0.25) is 4.79 Å². The van der Waals surface area contributed by atoms with Gasteiger partial charge in [-0.05, 0) is 54.7 Å². The van der Waals surface area contributed by atoms with E-state index in [0.717, 1.165) is 30.7 Å². The lowest BCUT2D eigenvalue weighted by Gasteiger charge is -2.35. The summed E-state index contributed by atoms with van der Waals surface area (Å²) in [6, 6.07) is 6.61. The van der Waals surface area contributed by atoms with E-state index < -0.39 is 0 Å². The highest BCUT2D eigenvalue weighted by Gasteiger charge is 2.46. The fourth-order valence-corrected chi connectivity index (χ4v) is 4.03. The first-order chi connectivity index (χ1) is 9.19. The van der Waals surface area contributed by atoms with Gasteiger partial charge in [-0.1, -0.05) is 18.6 Å². The highest BCUT2D eigenvalue weighted by molar-refractivity contribution is 5.74. The summed E-state index contributed by atoms with van der Waals surface area (Å²) < 4.78 is 18.1. The number of carbonyl (C=O) groups excluding carboxylic acids is 1. The van der Waals surface area contributed by atoms with Gasteiger partial charge in [0.05, 0.1) is 13.0 Å². The van der Waals surface area contributed by atoms with Gasteiger partial charge < -0.3 is 4.74 Å². The number of rotatable bonds is 2. The van der Waals surface area contributed by atoms with Crippen LogP contribution in [0.3, 0.4) is 0 Å². The molecule has 19 heavy (non-hydrogen) atoms. The van der Waals surface area contributed by atoms with Crippen molar-refractivity contribution in [3.63, 3.8) is 0 Å². The fourth-order valence-electron chi connectivity index (χ4n) is 4.03. The minimum atomic E-state index is -0.225. The van der Waals surface area contributed by atoms with Crippen molar-refractivity contribution in [1.82, 2.24) is 0 Å². The molecule has 3 heteroatoms. The van der Waals surface area contributed by atoms with E-state index >= 15 is 0 Å². The van der Waals surface area contributed by atoms with Gasteiger partial charge in [0.15, 0.2) is 0 Å². The second-order valence-electron chi connectivity index (χ2n) is 5.88. The molecule has 2 fully saturated rings. The molecule has 0 spiro atoms. The van der Waals surface area contributed by atoms with E-state index in [1.54, 1.807) is 0 Å². The summed E-state index contributed by atoms with van der Waals surface area (Å²) in [5.74, 6) is 0.993. The highest BCUT2D eigenvalue weighted by atomic mass is 19.1. The number of hydrogen-bond acceptors (Lipinski definition) is 2. The smallest absolute Gasteiger partial charge is 0.309 e. The van der Waals surface area contributed by atoms with Crippen LogP contribution in [-0.4, -0.2) is 13.1 Å². The standard InChI is InChI=1S/C16H19FO2/c1-19-16(18)15-12-3-2-10(8-12)9-14(15)11-4-6-13(17)7-5-11/h4-7,10,12,14-15H,2-3,8-9H2,1H3/t10-,12-,14-,15-/m0/s1. The van der Waals surface area contributed by atoms with Crippen molar-refractivity contribution in [3.8, 4) is 0 Å². The highest BCUT2D eigenvalue weighted by Crippen LogP contribution is 2.52. The molecule has 0 heterocycles. The molecular weight excluding hydrogens is 243 g/mol. The molecule has 0 aliphatic heterocycles. The van der Waals surface area contributed by atoms with Crippen LogP contribution in [0.1, 0.15) is 37.2 Å². The van der Waals surface area contributed by atoms with E-state index in [4.69, 9.17) is 4.74 Å². The van der Waals surface area contributed by atoms with Crippen molar-refractivity contribution in [2.24, 2.45) is 17.8 Å². The molecule has 1 aromatic rings. The number of hydrogen-bond donors (Lipinski definition) is 0. The molecule has 1 aromatic carbocycles. The maximum atomic E-state index is 13.0. The zero-order valence-electron chi connectivity index (χ0n) is 11.1. The zero-order valence-corrected chi connectivity index (χ0v) is 11.1. The molecule has 2 nitrogen and oxygen atoms in total. The van der Waals surface area contributed by atoms with E-state index in [1.807, 2.05) is 12.1 Å². The molecule has 0 aromatic heterocycles. The van der Waals surface area contributed by atoms with Crippen LogP contribution < -0.4 is 0 Å².